The van der Waals surface area contributed by atoms with E-state index in [1.54, 1.807) is 0 Å². The van der Waals surface area contributed by atoms with Crippen molar-refractivity contribution >= 4 is 51.4 Å². The number of carbonyl (C=O) groups excluding carboxylic acids is 2. The molecule has 0 unspecified atom stereocenters. The van der Waals surface area contributed by atoms with Crippen LogP contribution in [0.1, 0.15) is 51.9 Å². The third-order valence-electron chi connectivity index (χ3n) is 6.83. The number of carbonyl (C=O) groups is 2. The standard InChI is InChI=1S/C32H29ClN2O2S/c1-21-5-9-24(10-6-21)28(30-31(37)34-32(38-30)35-17-3-4-18-35)19-26(23-13-15-27(33)16-14-23)20-29(36)25-11-7-22(2)8-12-25/h5-16,19H,3-4,17-18,20H2,1-2H3/b26-19-,30-28+. The number of likely N-dealkylation sites (tertiary alicyclic amines) is 1. The molecule has 0 N–H and O–H groups in total. The highest BCUT2D eigenvalue weighted by atomic mass is 35.5. The summed E-state index contributed by atoms with van der Waals surface area (Å²) in [5.41, 5.74) is 6.29. The van der Waals surface area contributed by atoms with Gasteiger partial charge in [-0.15, -0.1) is 0 Å². The summed E-state index contributed by atoms with van der Waals surface area (Å²) in [6.45, 7) is 5.88. The minimum Gasteiger partial charge on any atom is -0.351 e. The predicted octanol–water partition coefficient (Wildman–Crippen LogP) is 7.75. The molecule has 0 atom stereocenters. The lowest BCUT2D eigenvalue weighted by atomic mass is 9.93. The fourth-order valence-corrected chi connectivity index (χ4v) is 5.78. The SMILES string of the molecule is Cc1ccc(C(=O)C/C(=C/C(=C2\SC(N3CCCC3)=NC2=O)c2ccc(C)cc2)c2ccc(Cl)cc2)cc1. The van der Waals surface area contributed by atoms with Gasteiger partial charge in [0.05, 0.1) is 4.91 Å². The maximum Gasteiger partial charge on any atom is 0.286 e. The minimum atomic E-state index is -0.232. The zero-order valence-electron chi connectivity index (χ0n) is 21.5. The molecule has 1 amide bonds. The van der Waals surface area contributed by atoms with Crippen molar-refractivity contribution in [3.05, 3.63) is 117 Å². The van der Waals surface area contributed by atoms with E-state index in [9.17, 15) is 9.59 Å². The van der Waals surface area contributed by atoms with Crippen molar-refractivity contribution in [2.75, 3.05) is 13.1 Å². The normalized spacial score (nSPS) is 17.1. The Bertz CT molecular complexity index is 1450. The lowest BCUT2D eigenvalue weighted by Crippen LogP contribution is -2.23. The van der Waals surface area contributed by atoms with Gasteiger partial charge in [-0.05, 0) is 73.4 Å². The van der Waals surface area contributed by atoms with Crippen LogP contribution in [0.4, 0.5) is 0 Å². The first-order chi connectivity index (χ1) is 18.4. The Morgan fingerprint density at radius 1 is 0.868 bits per heavy atom. The summed E-state index contributed by atoms with van der Waals surface area (Å²) in [6, 6.07) is 23.2. The average molecular weight is 541 g/mol. The summed E-state index contributed by atoms with van der Waals surface area (Å²) < 4.78 is 0. The second-order valence-corrected chi connectivity index (χ2v) is 11.2. The number of hydrogen-bond acceptors (Lipinski definition) is 4. The summed E-state index contributed by atoms with van der Waals surface area (Å²) in [4.78, 5) is 33.8. The fourth-order valence-electron chi connectivity index (χ4n) is 4.61. The zero-order valence-corrected chi connectivity index (χ0v) is 23.1. The van der Waals surface area contributed by atoms with Crippen LogP contribution in [0.15, 0.2) is 88.8 Å². The van der Waals surface area contributed by atoms with Crippen molar-refractivity contribution < 1.29 is 9.59 Å². The van der Waals surface area contributed by atoms with Crippen LogP contribution in [0.3, 0.4) is 0 Å². The highest BCUT2D eigenvalue weighted by Gasteiger charge is 2.30. The van der Waals surface area contributed by atoms with E-state index in [0.717, 1.165) is 64.5 Å². The number of halogens is 1. The van der Waals surface area contributed by atoms with Gasteiger partial charge in [0.15, 0.2) is 11.0 Å². The first-order valence-corrected chi connectivity index (χ1v) is 14.0. The Hall–Kier alpha value is -3.41. The molecular formula is C32H29ClN2O2S. The summed E-state index contributed by atoms with van der Waals surface area (Å²) in [5, 5.41) is 1.39. The molecule has 0 aliphatic carbocycles. The molecule has 2 aliphatic rings. The number of allylic oxidation sites excluding steroid dienone is 3. The van der Waals surface area contributed by atoms with Crippen LogP contribution in [0.5, 0.6) is 0 Å². The largest absolute Gasteiger partial charge is 0.351 e. The number of Topliss-reactive ketones (excluding diaryl/α,β-unsaturated/α-hetero) is 1. The zero-order chi connectivity index (χ0) is 26.6. The van der Waals surface area contributed by atoms with Gasteiger partial charge in [-0.1, -0.05) is 83.4 Å². The monoisotopic (exact) mass is 540 g/mol. The van der Waals surface area contributed by atoms with E-state index in [0.29, 0.717) is 15.5 Å². The number of ketones is 1. The molecule has 6 heteroatoms. The predicted molar refractivity (Wildman–Crippen MR) is 158 cm³/mol. The van der Waals surface area contributed by atoms with Crippen molar-refractivity contribution in [1.82, 2.24) is 4.90 Å². The first kappa shape index (κ1) is 26.2. The van der Waals surface area contributed by atoms with Gasteiger partial charge in [-0.3, -0.25) is 9.59 Å². The lowest BCUT2D eigenvalue weighted by Gasteiger charge is -2.16. The van der Waals surface area contributed by atoms with Crippen molar-refractivity contribution in [3.63, 3.8) is 0 Å². The van der Waals surface area contributed by atoms with Gasteiger partial charge in [-0.2, -0.15) is 4.99 Å². The molecule has 1 saturated heterocycles. The second kappa shape index (κ2) is 11.5. The second-order valence-electron chi connectivity index (χ2n) is 9.75. The first-order valence-electron chi connectivity index (χ1n) is 12.8. The number of rotatable bonds is 6. The van der Waals surface area contributed by atoms with Crippen molar-refractivity contribution in [1.29, 1.82) is 0 Å². The molecule has 3 aromatic rings. The van der Waals surface area contributed by atoms with Crippen LogP contribution in [0.2, 0.25) is 5.02 Å². The number of thioether (sulfide) groups is 1. The van der Waals surface area contributed by atoms with E-state index in [2.05, 4.69) is 9.89 Å². The number of aliphatic imine (C=N–C) groups is 1. The molecule has 4 nitrogen and oxygen atoms in total. The number of hydrogen-bond donors (Lipinski definition) is 0. The minimum absolute atomic E-state index is 0.0128. The number of amidine groups is 1. The van der Waals surface area contributed by atoms with E-state index in [1.807, 2.05) is 92.7 Å². The van der Waals surface area contributed by atoms with E-state index in [1.165, 1.54) is 11.8 Å². The molecule has 0 spiro atoms. The third kappa shape index (κ3) is 6.01. The Kier molecular flexibility index (Phi) is 7.96. The number of amides is 1. The van der Waals surface area contributed by atoms with Crippen LogP contribution < -0.4 is 0 Å². The van der Waals surface area contributed by atoms with E-state index >= 15 is 0 Å². The molecule has 2 heterocycles. The molecule has 2 aliphatic heterocycles. The fraction of sp³-hybridized carbons (Fsp3) is 0.219. The average Bonchev–Trinajstić information content (AvgIpc) is 3.58. The number of aryl methyl sites for hydroxylation is 2. The summed E-state index contributed by atoms with van der Waals surface area (Å²) in [6.07, 6.45) is 4.40. The van der Waals surface area contributed by atoms with Gasteiger partial charge in [-0.25, -0.2) is 0 Å². The van der Waals surface area contributed by atoms with Crippen molar-refractivity contribution in [3.8, 4) is 0 Å². The Morgan fingerprint density at radius 2 is 1.42 bits per heavy atom. The molecule has 1 fully saturated rings. The molecule has 0 radical (unpaired) electrons. The smallest absolute Gasteiger partial charge is 0.286 e. The van der Waals surface area contributed by atoms with Gasteiger partial charge in [0.25, 0.3) is 5.91 Å². The van der Waals surface area contributed by atoms with Gasteiger partial charge in [0.1, 0.15) is 0 Å². The summed E-state index contributed by atoms with van der Waals surface area (Å²) in [7, 11) is 0. The lowest BCUT2D eigenvalue weighted by molar-refractivity contribution is -0.113. The van der Waals surface area contributed by atoms with Gasteiger partial charge in [0.2, 0.25) is 0 Å². The third-order valence-corrected chi connectivity index (χ3v) is 8.21. The van der Waals surface area contributed by atoms with E-state index in [-0.39, 0.29) is 18.1 Å². The van der Waals surface area contributed by atoms with Crippen LogP contribution in [-0.4, -0.2) is 34.8 Å². The van der Waals surface area contributed by atoms with Crippen LogP contribution in [0, 0.1) is 13.8 Å². The Balaban J connectivity index is 1.60. The maximum atomic E-state index is 13.4. The highest BCUT2D eigenvalue weighted by molar-refractivity contribution is 8.18. The molecule has 5 rings (SSSR count). The van der Waals surface area contributed by atoms with E-state index < -0.39 is 0 Å². The highest BCUT2D eigenvalue weighted by Crippen LogP contribution is 2.38. The van der Waals surface area contributed by atoms with Crippen LogP contribution in [0.25, 0.3) is 11.1 Å². The number of benzene rings is 3. The van der Waals surface area contributed by atoms with Gasteiger partial charge >= 0.3 is 0 Å². The van der Waals surface area contributed by atoms with Crippen LogP contribution >= 0.6 is 23.4 Å². The molecule has 192 valence electrons. The molecule has 3 aromatic carbocycles. The summed E-state index contributed by atoms with van der Waals surface area (Å²) in [5.74, 6) is -0.220. The van der Waals surface area contributed by atoms with Crippen LogP contribution in [-0.2, 0) is 4.79 Å². The van der Waals surface area contributed by atoms with Gasteiger partial charge < -0.3 is 4.90 Å². The van der Waals surface area contributed by atoms with Crippen molar-refractivity contribution in [2.45, 2.75) is 33.1 Å². The molecular weight excluding hydrogens is 512 g/mol. The van der Waals surface area contributed by atoms with Crippen molar-refractivity contribution in [2.24, 2.45) is 4.99 Å². The molecule has 0 aromatic heterocycles. The Morgan fingerprint density at radius 3 is 2.03 bits per heavy atom. The Labute approximate surface area is 233 Å². The molecule has 0 saturated carbocycles. The van der Waals surface area contributed by atoms with Gasteiger partial charge in [0, 0.05) is 35.7 Å². The maximum absolute atomic E-state index is 13.4. The molecule has 0 bridgehead atoms. The topological polar surface area (TPSA) is 49.7 Å². The quantitative estimate of drug-likeness (QED) is 0.237. The molecule has 38 heavy (non-hydrogen) atoms. The summed E-state index contributed by atoms with van der Waals surface area (Å²) >= 11 is 7.62. The number of nitrogens with zero attached hydrogens (tertiary/aromatic N) is 2. The van der Waals surface area contributed by atoms with E-state index in [4.69, 9.17) is 11.6 Å².